The first-order valence-electron chi connectivity index (χ1n) is 3.60. The highest BCUT2D eigenvalue weighted by Crippen LogP contribution is 2.00. The van der Waals surface area contributed by atoms with Gasteiger partial charge in [-0.25, -0.2) is 0 Å². The quantitative estimate of drug-likeness (QED) is 0.268. The van der Waals surface area contributed by atoms with E-state index in [0.717, 1.165) is 0 Å². The van der Waals surface area contributed by atoms with Gasteiger partial charge < -0.3 is 4.74 Å². The highest BCUT2D eigenvalue weighted by atomic mass is 16.5. The number of esters is 1. The van der Waals surface area contributed by atoms with Crippen molar-refractivity contribution in [3.05, 3.63) is 24.8 Å². The minimum absolute atomic E-state index is 0.335. The number of carbonyl (C=O) groups excluding carboxylic acids is 2. The number of allylic oxidation sites excluding steroid dienone is 1. The van der Waals surface area contributed by atoms with Crippen molar-refractivity contribution in [2.75, 3.05) is 0 Å². The standard InChI is InChI=1S/C9H12O3/c1-3-9(12-8(2)11)6-4-5-7-10/h3-5,7,9H,1,6H2,2H3/b5-4+. The first-order chi connectivity index (χ1) is 5.70. The van der Waals surface area contributed by atoms with Crippen molar-refractivity contribution in [2.24, 2.45) is 0 Å². The zero-order valence-corrected chi connectivity index (χ0v) is 7.03. The maximum absolute atomic E-state index is 10.5. The van der Waals surface area contributed by atoms with Crippen LogP contribution in [0.3, 0.4) is 0 Å². The van der Waals surface area contributed by atoms with Gasteiger partial charge in [0, 0.05) is 13.3 Å². The molecule has 0 amide bonds. The lowest BCUT2D eigenvalue weighted by Crippen LogP contribution is -2.12. The second kappa shape index (κ2) is 6.34. The van der Waals surface area contributed by atoms with E-state index in [4.69, 9.17) is 4.74 Å². The van der Waals surface area contributed by atoms with E-state index in [-0.39, 0.29) is 12.1 Å². The lowest BCUT2D eigenvalue weighted by atomic mass is 10.2. The predicted molar refractivity (Wildman–Crippen MR) is 45.6 cm³/mol. The van der Waals surface area contributed by atoms with Crippen molar-refractivity contribution < 1.29 is 14.3 Å². The Bertz CT molecular complexity index is 194. The van der Waals surface area contributed by atoms with Gasteiger partial charge in [-0.05, 0) is 6.08 Å². The molecule has 0 aliphatic heterocycles. The first kappa shape index (κ1) is 10.6. The maximum Gasteiger partial charge on any atom is 0.303 e. The fraction of sp³-hybridized carbons (Fsp3) is 0.333. The molecule has 0 aromatic heterocycles. The average molecular weight is 168 g/mol. The van der Waals surface area contributed by atoms with E-state index in [1.54, 1.807) is 6.08 Å². The van der Waals surface area contributed by atoms with Gasteiger partial charge in [0.2, 0.25) is 0 Å². The van der Waals surface area contributed by atoms with Gasteiger partial charge in [0.05, 0.1) is 0 Å². The number of hydrogen-bond acceptors (Lipinski definition) is 3. The third kappa shape index (κ3) is 5.41. The monoisotopic (exact) mass is 168 g/mol. The van der Waals surface area contributed by atoms with E-state index < -0.39 is 0 Å². The Morgan fingerprint density at radius 1 is 1.67 bits per heavy atom. The molecule has 0 spiro atoms. The number of carbonyl (C=O) groups is 2. The Balaban J connectivity index is 3.82. The molecule has 0 saturated heterocycles. The summed E-state index contributed by atoms with van der Waals surface area (Å²) in [6.45, 7) is 4.83. The first-order valence-corrected chi connectivity index (χ1v) is 3.60. The number of hydrogen-bond donors (Lipinski definition) is 0. The van der Waals surface area contributed by atoms with Gasteiger partial charge >= 0.3 is 5.97 Å². The molecule has 3 heteroatoms. The average Bonchev–Trinajstić information content (AvgIpc) is 2.02. The van der Waals surface area contributed by atoms with E-state index in [0.29, 0.717) is 12.7 Å². The van der Waals surface area contributed by atoms with Crippen LogP contribution in [-0.2, 0) is 14.3 Å². The fourth-order valence-corrected chi connectivity index (χ4v) is 0.674. The highest BCUT2D eigenvalue weighted by molar-refractivity contribution is 5.66. The Morgan fingerprint density at radius 3 is 2.75 bits per heavy atom. The molecule has 66 valence electrons. The third-order valence-electron chi connectivity index (χ3n) is 1.16. The second-order valence-electron chi connectivity index (χ2n) is 2.18. The predicted octanol–water partition coefficient (Wildman–Crippen LogP) is 1.25. The van der Waals surface area contributed by atoms with Gasteiger partial charge in [0.1, 0.15) is 12.4 Å². The summed E-state index contributed by atoms with van der Waals surface area (Å²) < 4.78 is 4.82. The molecule has 0 radical (unpaired) electrons. The topological polar surface area (TPSA) is 43.4 Å². The van der Waals surface area contributed by atoms with Crippen LogP contribution >= 0.6 is 0 Å². The van der Waals surface area contributed by atoms with Crippen LogP contribution in [0.2, 0.25) is 0 Å². The molecule has 0 saturated carbocycles. The van der Waals surface area contributed by atoms with Gasteiger partial charge in [-0.2, -0.15) is 0 Å². The molecule has 0 aliphatic carbocycles. The van der Waals surface area contributed by atoms with Gasteiger partial charge in [0.25, 0.3) is 0 Å². The Labute approximate surface area is 71.7 Å². The second-order valence-corrected chi connectivity index (χ2v) is 2.18. The van der Waals surface area contributed by atoms with Crippen molar-refractivity contribution in [3.8, 4) is 0 Å². The summed E-state index contributed by atoms with van der Waals surface area (Å²) in [6.07, 6.45) is 5.34. The highest BCUT2D eigenvalue weighted by Gasteiger charge is 2.03. The Morgan fingerprint density at radius 2 is 2.33 bits per heavy atom. The summed E-state index contributed by atoms with van der Waals surface area (Å²) in [5.74, 6) is -0.348. The smallest absolute Gasteiger partial charge is 0.303 e. The minimum Gasteiger partial charge on any atom is -0.458 e. The normalized spacial score (nSPS) is 12.4. The lowest BCUT2D eigenvalue weighted by molar-refractivity contribution is -0.143. The molecule has 1 unspecified atom stereocenters. The van der Waals surface area contributed by atoms with Crippen LogP contribution in [0.15, 0.2) is 24.8 Å². The summed E-state index contributed by atoms with van der Waals surface area (Å²) >= 11 is 0. The molecular weight excluding hydrogens is 156 g/mol. The van der Waals surface area contributed by atoms with E-state index >= 15 is 0 Å². The SMILES string of the molecule is C=CC(C/C=C/C=O)OC(C)=O. The molecule has 1 atom stereocenters. The molecule has 0 N–H and O–H groups in total. The number of rotatable bonds is 5. The largest absolute Gasteiger partial charge is 0.458 e. The van der Waals surface area contributed by atoms with Crippen LogP contribution in [0.1, 0.15) is 13.3 Å². The fourth-order valence-electron chi connectivity index (χ4n) is 0.674. The molecular formula is C9H12O3. The number of aldehydes is 1. The molecule has 0 fully saturated rings. The van der Waals surface area contributed by atoms with E-state index in [1.807, 2.05) is 0 Å². The van der Waals surface area contributed by atoms with Gasteiger partial charge in [-0.3, -0.25) is 9.59 Å². The van der Waals surface area contributed by atoms with Crippen molar-refractivity contribution in [1.29, 1.82) is 0 Å². The van der Waals surface area contributed by atoms with Crippen LogP contribution in [0, 0.1) is 0 Å². The summed E-state index contributed by atoms with van der Waals surface area (Å²) in [7, 11) is 0. The summed E-state index contributed by atoms with van der Waals surface area (Å²) in [5.41, 5.74) is 0. The summed E-state index contributed by atoms with van der Waals surface area (Å²) in [4.78, 5) is 20.4. The van der Waals surface area contributed by atoms with Crippen LogP contribution in [-0.4, -0.2) is 18.4 Å². The van der Waals surface area contributed by atoms with Crippen molar-refractivity contribution in [2.45, 2.75) is 19.4 Å². The Kier molecular flexibility index (Phi) is 5.61. The molecule has 12 heavy (non-hydrogen) atoms. The molecule has 3 nitrogen and oxygen atoms in total. The van der Waals surface area contributed by atoms with Crippen molar-refractivity contribution in [3.63, 3.8) is 0 Å². The molecule has 0 aromatic carbocycles. The van der Waals surface area contributed by atoms with Crippen LogP contribution in [0.25, 0.3) is 0 Å². The molecule has 0 aliphatic rings. The number of ether oxygens (including phenoxy) is 1. The molecule has 0 heterocycles. The zero-order valence-electron chi connectivity index (χ0n) is 7.03. The van der Waals surface area contributed by atoms with E-state index in [1.165, 1.54) is 19.1 Å². The Hall–Kier alpha value is -1.38. The van der Waals surface area contributed by atoms with Gasteiger partial charge in [-0.1, -0.05) is 18.7 Å². The molecule has 0 bridgehead atoms. The molecule has 0 aromatic rings. The van der Waals surface area contributed by atoms with Gasteiger partial charge in [0.15, 0.2) is 0 Å². The van der Waals surface area contributed by atoms with Crippen LogP contribution < -0.4 is 0 Å². The minimum atomic E-state index is -0.348. The van der Waals surface area contributed by atoms with Crippen molar-refractivity contribution >= 4 is 12.3 Å². The summed E-state index contributed by atoms with van der Waals surface area (Å²) in [6, 6.07) is 0. The van der Waals surface area contributed by atoms with Crippen molar-refractivity contribution in [1.82, 2.24) is 0 Å². The summed E-state index contributed by atoms with van der Waals surface area (Å²) in [5, 5.41) is 0. The third-order valence-corrected chi connectivity index (χ3v) is 1.16. The van der Waals surface area contributed by atoms with Crippen LogP contribution in [0.5, 0.6) is 0 Å². The maximum atomic E-state index is 10.5. The van der Waals surface area contributed by atoms with E-state index in [9.17, 15) is 9.59 Å². The van der Waals surface area contributed by atoms with Crippen LogP contribution in [0.4, 0.5) is 0 Å². The van der Waals surface area contributed by atoms with E-state index in [2.05, 4.69) is 6.58 Å². The molecule has 0 rings (SSSR count). The van der Waals surface area contributed by atoms with Gasteiger partial charge in [-0.15, -0.1) is 0 Å². The zero-order chi connectivity index (χ0) is 9.40. The lowest BCUT2D eigenvalue weighted by Gasteiger charge is -2.08.